The van der Waals surface area contributed by atoms with Gasteiger partial charge >= 0.3 is 5.97 Å². The van der Waals surface area contributed by atoms with Crippen LogP contribution in [0.4, 0.5) is 5.69 Å². The monoisotopic (exact) mass is 581 g/mol. The Morgan fingerprint density at radius 3 is 2.29 bits per heavy atom. The molecule has 0 radical (unpaired) electrons. The van der Waals surface area contributed by atoms with Gasteiger partial charge in [-0.1, -0.05) is 54.6 Å². The highest BCUT2D eigenvalue weighted by atomic mass is 79.9. The molecule has 2 aliphatic carbocycles. The number of aromatic nitrogens is 1. The maximum atomic E-state index is 12.6. The third kappa shape index (κ3) is 5.03. The molecular formula is C24H22BrCl2N3O5. The molecule has 1 saturated carbocycles. The number of Topliss-reactive ketones (excluding diaryl/α,β-unsaturated/α-hetero) is 1. The first-order chi connectivity index (χ1) is 16.6. The van der Waals surface area contributed by atoms with Gasteiger partial charge in [-0.05, 0) is 46.5 Å². The maximum Gasteiger partial charge on any atom is 0.326 e. The topological polar surface area (TPSA) is 122 Å². The second kappa shape index (κ2) is 10.2. The van der Waals surface area contributed by atoms with Gasteiger partial charge in [0.15, 0.2) is 18.2 Å². The van der Waals surface area contributed by atoms with E-state index >= 15 is 0 Å². The van der Waals surface area contributed by atoms with Crippen molar-refractivity contribution in [1.82, 2.24) is 5.32 Å². The fourth-order valence-electron chi connectivity index (χ4n) is 4.67. The van der Waals surface area contributed by atoms with E-state index in [4.69, 9.17) is 23.2 Å². The maximum absolute atomic E-state index is 12.6. The third-order valence-electron chi connectivity index (χ3n) is 6.49. The third-order valence-corrected chi connectivity index (χ3v) is 7.82. The molecule has 11 heteroatoms. The minimum Gasteiger partial charge on any atom is -0.619 e. The molecule has 1 spiro atoms. The Hall–Kier alpha value is -2.62. The summed E-state index contributed by atoms with van der Waals surface area (Å²) in [7, 11) is 0. The summed E-state index contributed by atoms with van der Waals surface area (Å²) >= 11 is 15.3. The lowest BCUT2D eigenvalue weighted by molar-refractivity contribution is -0.605. The first-order valence-electron chi connectivity index (χ1n) is 11.0. The quantitative estimate of drug-likeness (QED) is 0.324. The van der Waals surface area contributed by atoms with E-state index in [9.17, 15) is 24.7 Å². The predicted octanol–water partition coefficient (Wildman–Crippen LogP) is 4.60. The number of amides is 1. The number of benzene rings is 1. The highest BCUT2D eigenvalue weighted by molar-refractivity contribution is 9.12. The number of hydrogen-bond donors (Lipinski definition) is 3. The van der Waals surface area contributed by atoms with E-state index < -0.39 is 23.3 Å². The molecule has 8 nitrogen and oxygen atoms in total. The van der Waals surface area contributed by atoms with Crippen LogP contribution in [0.3, 0.4) is 0 Å². The van der Waals surface area contributed by atoms with Gasteiger partial charge in [-0.15, -0.1) is 0 Å². The van der Waals surface area contributed by atoms with E-state index in [-0.39, 0.29) is 27.8 Å². The van der Waals surface area contributed by atoms with E-state index in [1.807, 2.05) is 0 Å². The van der Waals surface area contributed by atoms with Gasteiger partial charge in [0.05, 0.1) is 15.5 Å². The number of aliphatic carboxylic acids is 1. The average Bonchev–Trinajstić information content (AvgIpc) is 2.82. The van der Waals surface area contributed by atoms with Crippen molar-refractivity contribution in [1.29, 1.82) is 0 Å². The number of carbonyl (C=O) groups excluding carboxylic acids is 2. The number of carboxylic acid groups (broad SMARTS) is 1. The zero-order valence-corrected chi connectivity index (χ0v) is 21.5. The molecule has 0 unspecified atom stereocenters. The molecule has 2 aliphatic rings. The lowest BCUT2D eigenvalue weighted by Gasteiger charge is -2.46. The van der Waals surface area contributed by atoms with Gasteiger partial charge in [-0.2, -0.15) is 4.73 Å². The van der Waals surface area contributed by atoms with Gasteiger partial charge in [0, 0.05) is 17.8 Å². The van der Waals surface area contributed by atoms with Gasteiger partial charge < -0.3 is 20.9 Å². The van der Waals surface area contributed by atoms with Gasteiger partial charge in [0.1, 0.15) is 16.1 Å². The van der Waals surface area contributed by atoms with E-state index in [1.54, 1.807) is 24.3 Å². The van der Waals surface area contributed by atoms with Crippen LogP contribution in [-0.4, -0.2) is 28.8 Å². The molecule has 184 valence electrons. The number of halogens is 3. The van der Waals surface area contributed by atoms with Crippen molar-refractivity contribution in [3.63, 3.8) is 0 Å². The standard InChI is InChI=1S/C24H22BrCl2N3O5/c25-19-20(24(21(19)31)8-2-1-3-9-24)29-17(23(33)34)10-13-4-6-14(7-5-13)28-22(32)18-15(26)11-30(35)12-16(18)27/h4-7,11-12,17,29H,1-3,8-10H2,(H,28,32)(H,33,34)/t17-/m0/s1. The molecule has 3 N–H and O–H groups in total. The van der Waals surface area contributed by atoms with Crippen LogP contribution < -0.4 is 15.4 Å². The number of nitrogens with one attached hydrogen (secondary N) is 2. The summed E-state index contributed by atoms with van der Waals surface area (Å²) in [5, 5.41) is 26.8. The van der Waals surface area contributed by atoms with Gasteiger partial charge in [-0.3, -0.25) is 9.59 Å². The molecule has 1 amide bonds. The van der Waals surface area contributed by atoms with Crippen LogP contribution in [0.25, 0.3) is 0 Å². The van der Waals surface area contributed by atoms with Crippen LogP contribution >= 0.6 is 39.1 Å². The fraction of sp³-hybridized carbons (Fsp3) is 0.333. The highest BCUT2D eigenvalue weighted by Gasteiger charge is 2.53. The molecule has 1 atom stereocenters. The Morgan fingerprint density at radius 2 is 1.71 bits per heavy atom. The Balaban J connectivity index is 1.45. The molecule has 1 aromatic heterocycles. The molecule has 2 aromatic rings. The molecule has 0 bridgehead atoms. The normalized spacial score (nSPS) is 17.6. The number of carboxylic acids is 1. The summed E-state index contributed by atoms with van der Waals surface area (Å²) in [6.45, 7) is 0. The zero-order valence-electron chi connectivity index (χ0n) is 18.4. The highest BCUT2D eigenvalue weighted by Crippen LogP contribution is 2.53. The summed E-state index contributed by atoms with van der Waals surface area (Å²) in [6, 6.07) is 5.76. The van der Waals surface area contributed by atoms with Gasteiger partial charge in [0.2, 0.25) is 0 Å². The van der Waals surface area contributed by atoms with E-state index in [1.165, 1.54) is 0 Å². The molecule has 4 rings (SSSR count). The molecule has 0 saturated heterocycles. The number of pyridine rings is 1. The summed E-state index contributed by atoms with van der Waals surface area (Å²) in [5.41, 5.74) is 1.25. The van der Waals surface area contributed by atoms with E-state index in [2.05, 4.69) is 26.6 Å². The number of carbonyl (C=O) groups is 3. The van der Waals surface area contributed by atoms with E-state index in [0.717, 1.165) is 50.1 Å². The van der Waals surface area contributed by atoms with Crippen molar-refractivity contribution >= 4 is 62.5 Å². The number of hydrogen-bond acceptors (Lipinski definition) is 5. The minimum atomic E-state index is -1.02. The summed E-state index contributed by atoms with van der Waals surface area (Å²) < 4.78 is 0.845. The smallest absolute Gasteiger partial charge is 0.326 e. The van der Waals surface area contributed by atoms with Crippen LogP contribution in [0.2, 0.25) is 10.0 Å². The number of rotatable bonds is 7. The first kappa shape index (κ1) is 25.5. The van der Waals surface area contributed by atoms with Gasteiger partial charge in [0.25, 0.3) is 5.91 Å². The number of anilines is 1. The molecular weight excluding hydrogens is 561 g/mol. The minimum absolute atomic E-state index is 0.0230. The Kier molecular flexibility index (Phi) is 7.40. The number of ketones is 1. The van der Waals surface area contributed by atoms with E-state index in [0.29, 0.717) is 20.6 Å². The first-order valence-corrected chi connectivity index (χ1v) is 12.6. The van der Waals surface area contributed by atoms with Crippen LogP contribution in [0.5, 0.6) is 0 Å². The van der Waals surface area contributed by atoms with Crippen molar-refractivity contribution in [2.75, 3.05) is 5.32 Å². The van der Waals surface area contributed by atoms with Crippen molar-refractivity contribution in [3.8, 4) is 0 Å². The van der Waals surface area contributed by atoms with Crippen LogP contribution in [0.1, 0.15) is 48.0 Å². The second-order valence-corrected chi connectivity index (χ2v) is 10.3. The summed E-state index contributed by atoms with van der Waals surface area (Å²) in [6.07, 6.45) is 6.67. The Labute approximate surface area is 220 Å². The largest absolute Gasteiger partial charge is 0.619 e. The van der Waals surface area contributed by atoms with Crippen molar-refractivity contribution in [3.05, 3.63) is 73.2 Å². The van der Waals surface area contributed by atoms with Crippen molar-refractivity contribution < 1.29 is 24.2 Å². The Morgan fingerprint density at radius 1 is 1.11 bits per heavy atom. The molecule has 1 heterocycles. The SMILES string of the molecule is O=C(Nc1ccc(C[C@H](NC2=C(Br)C(=O)C23CCCCC3)C(=O)O)cc1)c1c(Cl)c[n+]([O-])cc1Cl. The fourth-order valence-corrected chi connectivity index (χ4v) is 6.16. The van der Waals surface area contributed by atoms with Crippen LogP contribution in [-0.2, 0) is 16.0 Å². The zero-order chi connectivity index (χ0) is 25.3. The Bertz CT molecular complexity index is 1200. The van der Waals surface area contributed by atoms with Gasteiger partial charge in [-0.25, -0.2) is 4.79 Å². The lowest BCUT2D eigenvalue weighted by Crippen LogP contribution is -2.53. The van der Waals surface area contributed by atoms with Crippen molar-refractivity contribution in [2.45, 2.75) is 44.6 Å². The molecule has 0 aliphatic heterocycles. The predicted molar refractivity (Wildman–Crippen MR) is 135 cm³/mol. The molecule has 1 aromatic carbocycles. The van der Waals surface area contributed by atoms with Crippen LogP contribution in [0.15, 0.2) is 46.8 Å². The number of nitrogens with zero attached hydrogens (tertiary/aromatic N) is 1. The lowest BCUT2D eigenvalue weighted by atomic mass is 9.62. The average molecular weight is 583 g/mol. The summed E-state index contributed by atoms with van der Waals surface area (Å²) in [4.78, 5) is 37.2. The number of allylic oxidation sites excluding steroid dienone is 2. The second-order valence-electron chi connectivity index (χ2n) is 8.74. The summed E-state index contributed by atoms with van der Waals surface area (Å²) in [5.74, 6) is -1.56. The van der Waals surface area contributed by atoms with Crippen molar-refractivity contribution in [2.24, 2.45) is 5.41 Å². The molecule has 35 heavy (non-hydrogen) atoms. The molecule has 1 fully saturated rings. The van der Waals surface area contributed by atoms with Crippen LogP contribution in [0, 0.1) is 10.6 Å².